The Morgan fingerprint density at radius 2 is 1.90 bits per heavy atom. The first-order valence-electron chi connectivity index (χ1n) is 3.10. The van der Waals surface area contributed by atoms with Crippen molar-refractivity contribution in [3.8, 4) is 0 Å². The number of rotatable bonds is 1. The first-order valence-corrected chi connectivity index (χ1v) is 3.10. The first kappa shape index (κ1) is 6.81. The van der Waals surface area contributed by atoms with Crippen LogP contribution in [0.4, 0.5) is 5.69 Å². The molecule has 1 aromatic rings. The zero-order valence-electron chi connectivity index (χ0n) is 5.91. The molecule has 0 aliphatic heterocycles. The van der Waals surface area contributed by atoms with Gasteiger partial charge in [0, 0.05) is 18.9 Å². The third-order valence-electron chi connectivity index (χ3n) is 1.21. The highest BCUT2D eigenvalue weighted by Gasteiger charge is 1.84. The van der Waals surface area contributed by atoms with Crippen LogP contribution in [0.2, 0.25) is 0 Å². The normalized spacial score (nSPS) is 10.5. The summed E-state index contributed by atoms with van der Waals surface area (Å²) in [5.74, 6) is 0. The molecule has 2 heteroatoms. The molecule has 52 valence electrons. The minimum absolute atomic E-state index is 0.785. The summed E-state index contributed by atoms with van der Waals surface area (Å²) < 4.78 is 0. The van der Waals surface area contributed by atoms with Crippen LogP contribution in [0.5, 0.6) is 0 Å². The molecule has 0 spiro atoms. The van der Waals surface area contributed by atoms with Gasteiger partial charge in [0.1, 0.15) is 0 Å². The molecule has 1 rings (SSSR count). The van der Waals surface area contributed by atoms with Gasteiger partial charge in [-0.05, 0) is 17.7 Å². The average molecular weight is 134 g/mol. The van der Waals surface area contributed by atoms with Gasteiger partial charge in [-0.1, -0.05) is 12.1 Å². The molecule has 1 aromatic carbocycles. The minimum Gasteiger partial charge on any atom is -0.399 e. The van der Waals surface area contributed by atoms with Gasteiger partial charge in [0.25, 0.3) is 0 Å². The van der Waals surface area contributed by atoms with Crippen molar-refractivity contribution in [1.82, 2.24) is 0 Å². The SMILES string of the molecule is CN=Cc1ccc(N)cc1. The van der Waals surface area contributed by atoms with Crippen LogP contribution in [-0.2, 0) is 0 Å². The number of nitrogen functional groups attached to an aromatic ring is 1. The molecule has 0 saturated heterocycles. The Balaban J connectivity index is 2.89. The van der Waals surface area contributed by atoms with Crippen molar-refractivity contribution >= 4 is 11.9 Å². The molecule has 0 radical (unpaired) electrons. The maximum atomic E-state index is 5.48. The molecule has 0 unspecified atom stereocenters. The van der Waals surface area contributed by atoms with Crippen molar-refractivity contribution < 1.29 is 0 Å². The summed E-state index contributed by atoms with van der Waals surface area (Å²) in [4.78, 5) is 3.87. The number of nitrogens with two attached hydrogens (primary N) is 1. The van der Waals surface area contributed by atoms with Gasteiger partial charge in [0.15, 0.2) is 0 Å². The van der Waals surface area contributed by atoms with Gasteiger partial charge in [0.05, 0.1) is 0 Å². The molecule has 0 bridgehead atoms. The summed E-state index contributed by atoms with van der Waals surface area (Å²) in [6, 6.07) is 7.58. The third kappa shape index (κ3) is 1.58. The lowest BCUT2D eigenvalue weighted by Gasteiger charge is -1.92. The molecule has 2 N–H and O–H groups in total. The Morgan fingerprint density at radius 1 is 1.30 bits per heavy atom. The zero-order chi connectivity index (χ0) is 7.40. The van der Waals surface area contributed by atoms with E-state index in [0.29, 0.717) is 0 Å². The van der Waals surface area contributed by atoms with Gasteiger partial charge < -0.3 is 5.73 Å². The molecule has 0 saturated carbocycles. The predicted octanol–water partition coefficient (Wildman–Crippen LogP) is 1.32. The van der Waals surface area contributed by atoms with Crippen molar-refractivity contribution in [2.45, 2.75) is 0 Å². The largest absolute Gasteiger partial charge is 0.399 e. The summed E-state index contributed by atoms with van der Waals surface area (Å²) in [6.07, 6.45) is 1.79. The van der Waals surface area contributed by atoms with Crippen LogP contribution in [0.25, 0.3) is 0 Å². The van der Waals surface area contributed by atoms with E-state index < -0.39 is 0 Å². The Labute approximate surface area is 60.4 Å². The quantitative estimate of drug-likeness (QED) is 0.456. The highest BCUT2D eigenvalue weighted by Crippen LogP contribution is 2.02. The lowest BCUT2D eigenvalue weighted by Crippen LogP contribution is -1.85. The molecule has 0 aliphatic carbocycles. The second kappa shape index (κ2) is 3.01. The molecule has 0 amide bonds. The van der Waals surface area contributed by atoms with Gasteiger partial charge in [0.2, 0.25) is 0 Å². The molecule has 10 heavy (non-hydrogen) atoms. The maximum Gasteiger partial charge on any atom is 0.0314 e. The van der Waals surface area contributed by atoms with E-state index in [4.69, 9.17) is 5.73 Å². The standard InChI is InChI=1S/C8H10N2/c1-10-6-7-2-4-8(9)5-3-7/h2-6H,9H2,1H3. The number of anilines is 1. The van der Waals surface area contributed by atoms with Gasteiger partial charge in [-0.2, -0.15) is 0 Å². The highest BCUT2D eigenvalue weighted by atomic mass is 14.6. The van der Waals surface area contributed by atoms with E-state index in [1.165, 1.54) is 0 Å². The smallest absolute Gasteiger partial charge is 0.0314 e. The molecule has 0 aromatic heterocycles. The van der Waals surface area contributed by atoms with Crippen LogP contribution in [0.3, 0.4) is 0 Å². The topological polar surface area (TPSA) is 38.4 Å². The fraction of sp³-hybridized carbons (Fsp3) is 0.125. The average Bonchev–Trinajstić information content (AvgIpc) is 1.95. The Bertz CT molecular complexity index is 224. The van der Waals surface area contributed by atoms with Crippen LogP contribution in [0.1, 0.15) is 5.56 Å². The van der Waals surface area contributed by atoms with Gasteiger partial charge in [-0.3, -0.25) is 4.99 Å². The van der Waals surface area contributed by atoms with Crippen molar-refractivity contribution in [2.75, 3.05) is 12.8 Å². The second-order valence-corrected chi connectivity index (χ2v) is 2.05. The Hall–Kier alpha value is -1.31. The Morgan fingerprint density at radius 3 is 2.40 bits per heavy atom. The maximum absolute atomic E-state index is 5.48. The van der Waals surface area contributed by atoms with E-state index in [2.05, 4.69) is 4.99 Å². The summed E-state index contributed by atoms with van der Waals surface area (Å²) >= 11 is 0. The third-order valence-corrected chi connectivity index (χ3v) is 1.21. The van der Waals surface area contributed by atoms with E-state index in [-0.39, 0.29) is 0 Å². The van der Waals surface area contributed by atoms with Gasteiger partial charge in [-0.15, -0.1) is 0 Å². The van der Waals surface area contributed by atoms with Crippen LogP contribution in [-0.4, -0.2) is 13.3 Å². The zero-order valence-corrected chi connectivity index (χ0v) is 5.91. The summed E-state index contributed by atoms with van der Waals surface area (Å²) in [7, 11) is 1.75. The number of nitrogens with zero attached hydrogens (tertiary/aromatic N) is 1. The highest BCUT2D eigenvalue weighted by molar-refractivity contribution is 5.79. The molecule has 0 heterocycles. The summed E-state index contributed by atoms with van der Waals surface area (Å²) in [6.45, 7) is 0. The van der Waals surface area contributed by atoms with Crippen LogP contribution in [0.15, 0.2) is 29.3 Å². The van der Waals surface area contributed by atoms with Gasteiger partial charge in [-0.25, -0.2) is 0 Å². The lowest BCUT2D eigenvalue weighted by atomic mass is 10.2. The molecule has 2 nitrogen and oxygen atoms in total. The Kier molecular flexibility index (Phi) is 2.05. The number of aliphatic imine (C=N–C) groups is 1. The summed E-state index contributed by atoms with van der Waals surface area (Å²) in [5, 5.41) is 0. The summed E-state index contributed by atoms with van der Waals surface area (Å²) in [5.41, 5.74) is 7.34. The van der Waals surface area contributed by atoms with Crippen molar-refractivity contribution in [3.05, 3.63) is 29.8 Å². The monoisotopic (exact) mass is 134 g/mol. The van der Waals surface area contributed by atoms with E-state index in [1.807, 2.05) is 24.3 Å². The van der Waals surface area contributed by atoms with Gasteiger partial charge >= 0.3 is 0 Å². The first-order chi connectivity index (χ1) is 4.83. The second-order valence-electron chi connectivity index (χ2n) is 2.05. The molecule has 0 aliphatic rings. The van der Waals surface area contributed by atoms with Crippen LogP contribution >= 0.6 is 0 Å². The lowest BCUT2D eigenvalue weighted by molar-refractivity contribution is 1.46. The van der Waals surface area contributed by atoms with E-state index >= 15 is 0 Å². The van der Waals surface area contributed by atoms with E-state index in [0.717, 1.165) is 11.3 Å². The van der Waals surface area contributed by atoms with E-state index in [9.17, 15) is 0 Å². The van der Waals surface area contributed by atoms with Crippen molar-refractivity contribution in [2.24, 2.45) is 4.99 Å². The van der Waals surface area contributed by atoms with Crippen LogP contribution < -0.4 is 5.73 Å². The number of hydrogen-bond donors (Lipinski definition) is 1. The number of benzene rings is 1. The van der Waals surface area contributed by atoms with Crippen LogP contribution in [0, 0.1) is 0 Å². The van der Waals surface area contributed by atoms with Crippen molar-refractivity contribution in [3.63, 3.8) is 0 Å². The van der Waals surface area contributed by atoms with Crippen molar-refractivity contribution in [1.29, 1.82) is 0 Å². The van der Waals surface area contributed by atoms with E-state index in [1.54, 1.807) is 13.3 Å². The molecular weight excluding hydrogens is 124 g/mol. The number of hydrogen-bond acceptors (Lipinski definition) is 2. The molecule has 0 atom stereocenters. The fourth-order valence-electron chi connectivity index (χ4n) is 0.731. The molecule has 0 fully saturated rings. The molecular formula is C8H10N2. The minimum atomic E-state index is 0.785. The predicted molar refractivity (Wildman–Crippen MR) is 44.4 cm³/mol. The fourth-order valence-corrected chi connectivity index (χ4v) is 0.731.